The van der Waals surface area contributed by atoms with E-state index in [1.807, 2.05) is 0 Å². The summed E-state index contributed by atoms with van der Waals surface area (Å²) in [6, 6.07) is 2.28. The van der Waals surface area contributed by atoms with Crippen LogP contribution < -0.4 is 5.73 Å². The Balaban J connectivity index is 2.65. The lowest BCUT2D eigenvalue weighted by Gasteiger charge is -2.12. The zero-order valence-corrected chi connectivity index (χ0v) is 10.8. The molecule has 0 unspecified atom stereocenters. The quantitative estimate of drug-likeness (QED) is 0.809. The molecule has 0 fully saturated rings. The van der Waals surface area contributed by atoms with Gasteiger partial charge in [0.05, 0.1) is 10.0 Å². The molecule has 0 amide bonds. The van der Waals surface area contributed by atoms with Gasteiger partial charge in [0.25, 0.3) is 0 Å². The Morgan fingerprint density at radius 1 is 1.21 bits per heavy atom. The molecule has 0 aliphatic rings. The minimum absolute atomic E-state index is 0.00227. The van der Waals surface area contributed by atoms with Crippen molar-refractivity contribution in [2.45, 2.75) is 6.18 Å². The van der Waals surface area contributed by atoms with Gasteiger partial charge in [0, 0.05) is 11.8 Å². The van der Waals surface area contributed by atoms with E-state index in [2.05, 4.69) is 25.9 Å². The number of hydrogen-bond donors (Lipinski definition) is 1. The SMILES string of the molecule is Nc1nc(-c2ccc(F)cc2C(F)(F)F)ncc1Br. The molecule has 2 rings (SSSR count). The Hall–Kier alpha value is -1.70. The third kappa shape index (κ3) is 2.83. The molecule has 19 heavy (non-hydrogen) atoms. The molecule has 0 saturated carbocycles. The number of nitrogens with two attached hydrogens (primary N) is 1. The maximum Gasteiger partial charge on any atom is 0.417 e. The molecule has 0 aliphatic heterocycles. The van der Waals surface area contributed by atoms with Crippen molar-refractivity contribution in [2.75, 3.05) is 5.73 Å². The van der Waals surface area contributed by atoms with Gasteiger partial charge in [-0.25, -0.2) is 14.4 Å². The van der Waals surface area contributed by atoms with Gasteiger partial charge < -0.3 is 5.73 Å². The largest absolute Gasteiger partial charge is 0.417 e. The summed E-state index contributed by atoms with van der Waals surface area (Å²) >= 11 is 3.04. The normalized spacial score (nSPS) is 11.6. The fourth-order valence-corrected chi connectivity index (χ4v) is 1.65. The van der Waals surface area contributed by atoms with Crippen LogP contribution >= 0.6 is 15.9 Å². The number of nitrogens with zero attached hydrogens (tertiary/aromatic N) is 2. The summed E-state index contributed by atoms with van der Waals surface area (Å²) in [5.41, 5.74) is 4.02. The van der Waals surface area contributed by atoms with Gasteiger partial charge in [0.1, 0.15) is 11.6 Å². The Labute approximate surface area is 113 Å². The molecule has 0 spiro atoms. The Kier molecular flexibility index (Phi) is 3.44. The van der Waals surface area contributed by atoms with Crippen LogP contribution in [0, 0.1) is 5.82 Å². The number of alkyl halides is 3. The molecule has 0 aliphatic carbocycles. The lowest BCUT2D eigenvalue weighted by atomic mass is 10.1. The van der Waals surface area contributed by atoms with E-state index in [4.69, 9.17) is 5.73 Å². The van der Waals surface area contributed by atoms with Gasteiger partial charge in [-0.05, 0) is 34.1 Å². The van der Waals surface area contributed by atoms with Gasteiger partial charge in [-0.3, -0.25) is 0 Å². The van der Waals surface area contributed by atoms with E-state index in [-0.39, 0.29) is 17.2 Å². The van der Waals surface area contributed by atoms with Crippen molar-refractivity contribution < 1.29 is 17.6 Å². The third-order valence-corrected chi connectivity index (χ3v) is 2.91. The highest BCUT2D eigenvalue weighted by molar-refractivity contribution is 9.10. The first-order valence-corrected chi connectivity index (χ1v) is 5.73. The standard InChI is InChI=1S/C11H6BrF4N3/c12-8-4-18-10(19-9(8)17)6-2-1-5(13)3-7(6)11(14,15)16/h1-4H,(H2,17,18,19). The van der Waals surface area contributed by atoms with Gasteiger partial charge in [-0.15, -0.1) is 0 Å². The highest BCUT2D eigenvalue weighted by Gasteiger charge is 2.35. The van der Waals surface area contributed by atoms with E-state index in [9.17, 15) is 17.6 Å². The number of benzene rings is 1. The number of halogens is 5. The number of rotatable bonds is 1. The number of hydrogen-bond acceptors (Lipinski definition) is 3. The van der Waals surface area contributed by atoms with Crippen LogP contribution in [0.15, 0.2) is 28.9 Å². The monoisotopic (exact) mass is 335 g/mol. The molecule has 0 atom stereocenters. The molecule has 2 aromatic rings. The van der Waals surface area contributed by atoms with Gasteiger partial charge in [-0.2, -0.15) is 13.2 Å². The summed E-state index contributed by atoms with van der Waals surface area (Å²) < 4.78 is 51.8. The maximum atomic E-state index is 13.0. The lowest BCUT2D eigenvalue weighted by Crippen LogP contribution is -2.09. The van der Waals surface area contributed by atoms with E-state index in [1.54, 1.807) is 0 Å². The van der Waals surface area contributed by atoms with Crippen LogP contribution in [-0.2, 0) is 6.18 Å². The van der Waals surface area contributed by atoms with Crippen LogP contribution in [0.25, 0.3) is 11.4 Å². The van der Waals surface area contributed by atoms with E-state index in [1.165, 1.54) is 6.20 Å². The molecule has 1 aromatic heterocycles. The highest BCUT2D eigenvalue weighted by atomic mass is 79.9. The minimum atomic E-state index is -4.71. The van der Waals surface area contributed by atoms with Crippen molar-refractivity contribution in [3.63, 3.8) is 0 Å². The van der Waals surface area contributed by atoms with E-state index >= 15 is 0 Å². The van der Waals surface area contributed by atoms with E-state index < -0.39 is 17.6 Å². The first kappa shape index (κ1) is 13.7. The van der Waals surface area contributed by atoms with Crippen LogP contribution in [0.1, 0.15) is 5.56 Å². The molecule has 2 N–H and O–H groups in total. The second-order valence-electron chi connectivity index (χ2n) is 3.61. The van der Waals surface area contributed by atoms with Crippen molar-refractivity contribution in [3.8, 4) is 11.4 Å². The van der Waals surface area contributed by atoms with E-state index in [0.717, 1.165) is 12.1 Å². The van der Waals surface area contributed by atoms with Crippen molar-refractivity contribution >= 4 is 21.7 Å². The second kappa shape index (κ2) is 4.76. The van der Waals surface area contributed by atoms with Crippen LogP contribution in [0.5, 0.6) is 0 Å². The first-order chi connectivity index (χ1) is 8.79. The molecular formula is C11H6BrF4N3. The molecule has 0 radical (unpaired) electrons. The van der Waals surface area contributed by atoms with E-state index in [0.29, 0.717) is 10.5 Å². The number of anilines is 1. The molecule has 3 nitrogen and oxygen atoms in total. The van der Waals surface area contributed by atoms with Crippen LogP contribution in [0.3, 0.4) is 0 Å². The van der Waals surface area contributed by atoms with Gasteiger partial charge in [-0.1, -0.05) is 0 Å². The summed E-state index contributed by atoms with van der Waals surface area (Å²) in [4.78, 5) is 7.50. The Morgan fingerprint density at radius 2 is 1.89 bits per heavy atom. The molecule has 100 valence electrons. The maximum absolute atomic E-state index is 13.0. The summed E-state index contributed by atoms with van der Waals surface area (Å²) in [5.74, 6) is -1.20. The summed E-state index contributed by atoms with van der Waals surface area (Å²) in [6.45, 7) is 0. The topological polar surface area (TPSA) is 51.8 Å². The average molecular weight is 336 g/mol. The van der Waals surface area contributed by atoms with Crippen molar-refractivity contribution in [2.24, 2.45) is 0 Å². The molecule has 8 heteroatoms. The zero-order valence-electron chi connectivity index (χ0n) is 9.17. The van der Waals surface area contributed by atoms with Crippen LogP contribution in [0.4, 0.5) is 23.4 Å². The predicted octanol–water partition coefficient (Wildman–Crippen LogP) is 3.65. The lowest BCUT2D eigenvalue weighted by molar-refractivity contribution is -0.137. The fraction of sp³-hybridized carbons (Fsp3) is 0.0909. The molecule has 1 heterocycles. The van der Waals surface area contributed by atoms with Gasteiger partial charge in [0.15, 0.2) is 5.82 Å². The molecular weight excluding hydrogens is 330 g/mol. The summed E-state index contributed by atoms with van der Waals surface area (Å²) in [6.07, 6.45) is -3.47. The predicted molar refractivity (Wildman–Crippen MR) is 64.5 cm³/mol. The van der Waals surface area contributed by atoms with Crippen molar-refractivity contribution in [3.05, 3.63) is 40.2 Å². The smallest absolute Gasteiger partial charge is 0.383 e. The minimum Gasteiger partial charge on any atom is -0.383 e. The Bertz CT molecular complexity index is 628. The van der Waals surface area contributed by atoms with Crippen molar-refractivity contribution in [1.82, 2.24) is 9.97 Å². The molecule has 0 bridgehead atoms. The van der Waals surface area contributed by atoms with Crippen LogP contribution in [0.2, 0.25) is 0 Å². The van der Waals surface area contributed by atoms with Crippen LogP contribution in [-0.4, -0.2) is 9.97 Å². The van der Waals surface area contributed by atoms with Gasteiger partial charge in [0.2, 0.25) is 0 Å². The third-order valence-electron chi connectivity index (χ3n) is 2.30. The Morgan fingerprint density at radius 3 is 2.47 bits per heavy atom. The zero-order chi connectivity index (χ0) is 14.2. The fourth-order valence-electron chi connectivity index (χ4n) is 1.46. The number of aromatic nitrogens is 2. The highest BCUT2D eigenvalue weighted by Crippen LogP contribution is 2.36. The molecule has 0 saturated heterocycles. The second-order valence-corrected chi connectivity index (χ2v) is 4.47. The van der Waals surface area contributed by atoms with Gasteiger partial charge >= 0.3 is 6.18 Å². The summed E-state index contributed by atoms with van der Waals surface area (Å²) in [5, 5.41) is 0. The molecule has 1 aromatic carbocycles. The number of nitrogen functional groups attached to an aromatic ring is 1. The van der Waals surface area contributed by atoms with Crippen molar-refractivity contribution in [1.29, 1.82) is 0 Å². The average Bonchev–Trinajstić information content (AvgIpc) is 2.32. The first-order valence-electron chi connectivity index (χ1n) is 4.94. The summed E-state index contributed by atoms with van der Waals surface area (Å²) in [7, 11) is 0.